The molecule has 0 bridgehead atoms. The third-order valence-electron chi connectivity index (χ3n) is 1.66. The molecule has 0 amide bonds. The molecule has 0 heteroatoms. The van der Waals surface area contributed by atoms with Gasteiger partial charge in [-0.05, 0) is 12.8 Å². The number of hydrogen-bond acceptors (Lipinski definition) is 0. The Balaban J connectivity index is 2.96. The molecule has 11 heavy (non-hydrogen) atoms. The molecule has 0 spiro atoms. The van der Waals surface area contributed by atoms with E-state index in [9.17, 15) is 0 Å². The van der Waals surface area contributed by atoms with E-state index in [0.717, 1.165) is 12.8 Å². The van der Waals surface area contributed by atoms with Crippen molar-refractivity contribution in [2.24, 2.45) is 0 Å². The lowest BCUT2D eigenvalue weighted by atomic mass is 10.1. The fourth-order valence-corrected chi connectivity index (χ4v) is 0.942. The maximum absolute atomic E-state index is 3.20. The van der Waals surface area contributed by atoms with E-state index in [4.69, 9.17) is 0 Å². The van der Waals surface area contributed by atoms with Gasteiger partial charge in [-0.3, -0.25) is 0 Å². The molecule has 0 aliphatic heterocycles. The van der Waals surface area contributed by atoms with Crippen LogP contribution in [0.1, 0.15) is 58.8 Å². The first kappa shape index (κ1) is 10.6. The van der Waals surface area contributed by atoms with Crippen LogP contribution in [0.5, 0.6) is 0 Å². The third kappa shape index (κ3) is 9.56. The van der Waals surface area contributed by atoms with Crippen molar-refractivity contribution in [2.75, 3.05) is 0 Å². The highest BCUT2D eigenvalue weighted by Gasteiger charge is 1.83. The van der Waals surface area contributed by atoms with Crippen LogP contribution >= 0.6 is 0 Å². The van der Waals surface area contributed by atoms with Crippen molar-refractivity contribution in [3.8, 4) is 11.8 Å². The molecule has 0 saturated heterocycles. The zero-order valence-electron chi connectivity index (χ0n) is 7.95. The van der Waals surface area contributed by atoms with E-state index in [2.05, 4.69) is 25.7 Å². The first-order valence-corrected chi connectivity index (χ1v) is 4.87. The van der Waals surface area contributed by atoms with Crippen LogP contribution in [-0.2, 0) is 0 Å². The highest BCUT2D eigenvalue weighted by Crippen LogP contribution is 2.00. The molecule has 0 fully saturated rings. The molecule has 0 aromatic carbocycles. The summed E-state index contributed by atoms with van der Waals surface area (Å²) < 4.78 is 0. The standard InChI is InChI=1S/C11H20/c1-3-5-7-9-11-10-8-6-4-2/h3-7,9,11H2,1-2H3. The minimum absolute atomic E-state index is 1.08. The van der Waals surface area contributed by atoms with Crippen LogP contribution in [0.3, 0.4) is 0 Å². The average Bonchev–Trinajstić information content (AvgIpc) is 2.03. The monoisotopic (exact) mass is 152 g/mol. The summed E-state index contributed by atoms with van der Waals surface area (Å²) in [6.45, 7) is 4.41. The summed E-state index contributed by atoms with van der Waals surface area (Å²) in [5.41, 5.74) is 0. The van der Waals surface area contributed by atoms with Gasteiger partial charge in [-0.1, -0.05) is 33.1 Å². The minimum atomic E-state index is 1.08. The van der Waals surface area contributed by atoms with Crippen LogP contribution in [0, 0.1) is 11.8 Å². The predicted molar refractivity (Wildman–Crippen MR) is 51.4 cm³/mol. The highest BCUT2D eigenvalue weighted by molar-refractivity contribution is 4.98. The average molecular weight is 152 g/mol. The van der Waals surface area contributed by atoms with Gasteiger partial charge in [0.1, 0.15) is 0 Å². The fraction of sp³-hybridized carbons (Fsp3) is 0.818. The molecule has 0 aliphatic rings. The molecule has 0 radical (unpaired) electrons. The molecule has 0 atom stereocenters. The number of unbranched alkanes of at least 4 members (excludes halogenated alkanes) is 5. The molecule has 0 heterocycles. The Kier molecular flexibility index (Phi) is 9.18. The van der Waals surface area contributed by atoms with Crippen molar-refractivity contribution < 1.29 is 0 Å². The Morgan fingerprint density at radius 1 is 0.727 bits per heavy atom. The van der Waals surface area contributed by atoms with Crippen molar-refractivity contribution in [1.82, 2.24) is 0 Å². The van der Waals surface area contributed by atoms with Crippen LogP contribution in [-0.4, -0.2) is 0 Å². The molecule has 0 rings (SSSR count). The second kappa shape index (κ2) is 9.56. The van der Waals surface area contributed by atoms with Crippen LogP contribution in [0.25, 0.3) is 0 Å². The Bertz CT molecular complexity index is 114. The lowest BCUT2D eigenvalue weighted by Crippen LogP contribution is -1.73. The van der Waals surface area contributed by atoms with Gasteiger partial charge < -0.3 is 0 Å². The Labute approximate surface area is 71.4 Å². The van der Waals surface area contributed by atoms with E-state index in [-0.39, 0.29) is 0 Å². The summed E-state index contributed by atoms with van der Waals surface area (Å²) in [6, 6.07) is 0. The van der Waals surface area contributed by atoms with Gasteiger partial charge in [-0.2, -0.15) is 0 Å². The van der Waals surface area contributed by atoms with Gasteiger partial charge in [-0.15, -0.1) is 11.8 Å². The van der Waals surface area contributed by atoms with E-state index >= 15 is 0 Å². The molecule has 0 unspecified atom stereocenters. The summed E-state index contributed by atoms with van der Waals surface area (Å²) in [7, 11) is 0. The smallest absolute Gasteiger partial charge is 0.00886 e. The van der Waals surface area contributed by atoms with E-state index in [1.807, 2.05) is 0 Å². The van der Waals surface area contributed by atoms with Crippen molar-refractivity contribution >= 4 is 0 Å². The third-order valence-corrected chi connectivity index (χ3v) is 1.66. The number of rotatable bonds is 5. The first-order chi connectivity index (χ1) is 5.41. The lowest BCUT2D eigenvalue weighted by Gasteiger charge is -1.91. The molecule has 0 nitrogen and oxygen atoms in total. The minimum Gasteiger partial charge on any atom is -0.103 e. The van der Waals surface area contributed by atoms with Gasteiger partial charge in [0.15, 0.2) is 0 Å². The van der Waals surface area contributed by atoms with Crippen molar-refractivity contribution in [3.63, 3.8) is 0 Å². The van der Waals surface area contributed by atoms with E-state index in [0.29, 0.717) is 0 Å². The highest BCUT2D eigenvalue weighted by atomic mass is 13.9. The van der Waals surface area contributed by atoms with Gasteiger partial charge in [0.25, 0.3) is 0 Å². The largest absolute Gasteiger partial charge is 0.103 e. The van der Waals surface area contributed by atoms with Crippen molar-refractivity contribution in [1.29, 1.82) is 0 Å². The summed E-state index contributed by atoms with van der Waals surface area (Å²) in [6.07, 6.45) is 8.73. The maximum Gasteiger partial charge on any atom is 0.00886 e. The second-order valence-corrected chi connectivity index (χ2v) is 2.91. The van der Waals surface area contributed by atoms with E-state index in [1.165, 1.54) is 32.1 Å². The summed E-state index contributed by atoms with van der Waals surface area (Å²) in [4.78, 5) is 0. The molecular formula is C11H20. The molecular weight excluding hydrogens is 132 g/mol. The van der Waals surface area contributed by atoms with Crippen LogP contribution in [0.15, 0.2) is 0 Å². The molecule has 0 saturated carbocycles. The SMILES string of the molecule is CCCC#CCCCCCC. The molecule has 0 aliphatic carbocycles. The van der Waals surface area contributed by atoms with Crippen molar-refractivity contribution in [3.05, 3.63) is 0 Å². The zero-order valence-corrected chi connectivity index (χ0v) is 7.95. The summed E-state index contributed by atoms with van der Waals surface area (Å²) in [5.74, 6) is 6.36. The molecule has 0 aromatic heterocycles. The second-order valence-electron chi connectivity index (χ2n) is 2.91. The van der Waals surface area contributed by atoms with Gasteiger partial charge in [0.05, 0.1) is 0 Å². The normalized spacial score (nSPS) is 8.91. The summed E-state index contributed by atoms with van der Waals surface area (Å²) in [5, 5.41) is 0. The zero-order chi connectivity index (χ0) is 8.36. The van der Waals surface area contributed by atoms with Crippen LogP contribution in [0.4, 0.5) is 0 Å². The van der Waals surface area contributed by atoms with Gasteiger partial charge >= 0.3 is 0 Å². The fourth-order valence-electron chi connectivity index (χ4n) is 0.942. The Hall–Kier alpha value is -0.440. The van der Waals surface area contributed by atoms with Gasteiger partial charge in [0, 0.05) is 12.8 Å². The predicted octanol–water partition coefficient (Wildman–Crippen LogP) is 3.76. The Morgan fingerprint density at radius 3 is 2.09 bits per heavy atom. The van der Waals surface area contributed by atoms with Gasteiger partial charge in [0.2, 0.25) is 0 Å². The molecule has 64 valence electrons. The topological polar surface area (TPSA) is 0 Å². The quantitative estimate of drug-likeness (QED) is 0.415. The maximum atomic E-state index is 3.20. The molecule has 0 N–H and O–H groups in total. The van der Waals surface area contributed by atoms with E-state index < -0.39 is 0 Å². The first-order valence-electron chi connectivity index (χ1n) is 4.87. The van der Waals surface area contributed by atoms with E-state index in [1.54, 1.807) is 0 Å². The summed E-state index contributed by atoms with van der Waals surface area (Å²) >= 11 is 0. The lowest BCUT2D eigenvalue weighted by molar-refractivity contribution is 0.679. The van der Waals surface area contributed by atoms with Crippen LogP contribution < -0.4 is 0 Å². The van der Waals surface area contributed by atoms with Gasteiger partial charge in [-0.25, -0.2) is 0 Å². The van der Waals surface area contributed by atoms with Crippen LogP contribution in [0.2, 0.25) is 0 Å². The Morgan fingerprint density at radius 2 is 1.45 bits per heavy atom. The van der Waals surface area contributed by atoms with Crippen molar-refractivity contribution in [2.45, 2.75) is 58.8 Å². The molecule has 0 aromatic rings. The number of hydrogen-bond donors (Lipinski definition) is 0.